The van der Waals surface area contributed by atoms with Crippen LogP contribution in [0.4, 0.5) is 14.7 Å². The number of nitrogens with zero attached hydrogens (tertiary/aromatic N) is 4. The Balaban J connectivity index is 1.63. The van der Waals surface area contributed by atoms with E-state index in [0.717, 1.165) is 12.1 Å². The topological polar surface area (TPSA) is 94.8 Å². The summed E-state index contributed by atoms with van der Waals surface area (Å²) in [5.74, 6) is 1.36. The van der Waals surface area contributed by atoms with Gasteiger partial charge in [0.2, 0.25) is 5.95 Å². The molecule has 0 aliphatic carbocycles. The van der Waals surface area contributed by atoms with Crippen molar-refractivity contribution < 1.29 is 23.0 Å². The number of alkyl halides is 1. The van der Waals surface area contributed by atoms with E-state index in [2.05, 4.69) is 25.7 Å². The smallest absolute Gasteiger partial charge is 0.226 e. The Hall–Kier alpha value is -3.73. The van der Waals surface area contributed by atoms with E-state index in [9.17, 15) is 4.39 Å². The molecule has 0 radical (unpaired) electrons. The molecule has 1 atom stereocenters. The number of hydrogen-bond acceptors (Lipinski definition) is 8. The first-order valence-corrected chi connectivity index (χ1v) is 11.2. The van der Waals surface area contributed by atoms with Gasteiger partial charge in [-0.15, -0.1) is 5.10 Å². The molecule has 1 aliphatic rings. The number of nitrogens with one attached hydrogen (secondary N) is 2. The predicted octanol–water partition coefficient (Wildman–Crippen LogP) is 3.60. The van der Waals surface area contributed by atoms with Crippen LogP contribution in [-0.4, -0.2) is 54.0 Å². The second kappa shape index (κ2) is 9.14. The molecule has 0 bridgehead atoms. The summed E-state index contributed by atoms with van der Waals surface area (Å²) in [6, 6.07) is 8.03. The molecule has 0 spiro atoms. The van der Waals surface area contributed by atoms with E-state index >= 15 is 4.39 Å². The van der Waals surface area contributed by atoms with Crippen molar-refractivity contribution in [2.45, 2.75) is 25.1 Å². The van der Waals surface area contributed by atoms with Crippen molar-refractivity contribution in [3.63, 3.8) is 0 Å². The second-order valence-corrected chi connectivity index (χ2v) is 8.39. The minimum Gasteiger partial charge on any atom is -0.497 e. The Kier molecular flexibility index (Phi) is 6.01. The third-order valence-electron chi connectivity index (χ3n) is 6.19. The molecular weight excluding hydrogens is 458 g/mol. The first-order valence-electron chi connectivity index (χ1n) is 11.2. The van der Waals surface area contributed by atoms with Crippen molar-refractivity contribution in [2.24, 2.45) is 0 Å². The molecule has 1 fully saturated rings. The predicted molar refractivity (Wildman–Crippen MR) is 127 cm³/mol. The van der Waals surface area contributed by atoms with Crippen LogP contribution in [-0.2, 0) is 12.2 Å². The van der Waals surface area contributed by atoms with Crippen LogP contribution in [0.15, 0.2) is 30.3 Å². The summed E-state index contributed by atoms with van der Waals surface area (Å²) in [4.78, 5) is 9.17. The standard InChI is InChI=1S/C24H26F2N6O3/c1-33-16-6-5-14(18(11-16)34-2)12-28-23-29-20-17(9-15(25)10-19(20)35-3)21-30-22(31-32(21)23)24(26)7-4-8-27-13-24/h5-6,9-11,27H,4,7-8,12-13H2,1-3H3,(H,28,29)/t24-/m1/s1. The molecule has 1 aliphatic heterocycles. The Bertz CT molecular complexity index is 1390. The maximum Gasteiger partial charge on any atom is 0.226 e. The summed E-state index contributed by atoms with van der Waals surface area (Å²) in [5, 5.41) is 11.2. The number of halogens is 2. The van der Waals surface area contributed by atoms with Gasteiger partial charge in [-0.3, -0.25) is 0 Å². The molecule has 11 heteroatoms. The SMILES string of the molecule is COc1ccc(CNc2nc3c(OC)cc(F)cc3c3nc([C@@]4(F)CCCNC4)nn23)c(OC)c1. The van der Waals surface area contributed by atoms with Gasteiger partial charge in [0.05, 0.1) is 26.7 Å². The van der Waals surface area contributed by atoms with Crippen LogP contribution in [0, 0.1) is 5.82 Å². The lowest BCUT2D eigenvalue weighted by molar-refractivity contribution is 0.111. The van der Waals surface area contributed by atoms with Crippen molar-refractivity contribution in [3.8, 4) is 17.2 Å². The summed E-state index contributed by atoms with van der Waals surface area (Å²) >= 11 is 0. The van der Waals surface area contributed by atoms with Gasteiger partial charge in [-0.25, -0.2) is 18.7 Å². The van der Waals surface area contributed by atoms with Crippen molar-refractivity contribution >= 4 is 22.5 Å². The minimum absolute atomic E-state index is 0.0345. The molecule has 2 N–H and O–H groups in total. The summed E-state index contributed by atoms with van der Waals surface area (Å²) in [7, 11) is 4.60. The third-order valence-corrected chi connectivity index (χ3v) is 6.19. The molecule has 9 nitrogen and oxygen atoms in total. The molecule has 2 aromatic heterocycles. The number of methoxy groups -OCH3 is 3. The molecule has 35 heavy (non-hydrogen) atoms. The largest absolute Gasteiger partial charge is 0.497 e. The number of benzene rings is 2. The van der Waals surface area contributed by atoms with E-state index < -0.39 is 11.5 Å². The lowest BCUT2D eigenvalue weighted by Gasteiger charge is -2.27. The fourth-order valence-corrected chi connectivity index (χ4v) is 4.34. The summed E-state index contributed by atoms with van der Waals surface area (Å²) in [5.41, 5.74) is -0.216. The quantitative estimate of drug-likeness (QED) is 0.411. The number of rotatable bonds is 7. The molecule has 0 unspecified atom stereocenters. The van der Waals surface area contributed by atoms with E-state index in [1.54, 1.807) is 20.3 Å². The van der Waals surface area contributed by atoms with Crippen LogP contribution in [0.2, 0.25) is 0 Å². The normalized spacial score (nSPS) is 18.1. The molecule has 5 rings (SSSR count). The first-order chi connectivity index (χ1) is 17.0. The zero-order valence-corrected chi connectivity index (χ0v) is 19.7. The average Bonchev–Trinajstić information content (AvgIpc) is 3.34. The van der Waals surface area contributed by atoms with E-state index in [4.69, 9.17) is 14.2 Å². The van der Waals surface area contributed by atoms with E-state index in [-0.39, 0.29) is 23.8 Å². The molecule has 2 aromatic carbocycles. The van der Waals surface area contributed by atoms with Crippen molar-refractivity contribution in [2.75, 3.05) is 39.7 Å². The molecule has 0 saturated carbocycles. The van der Waals surface area contributed by atoms with Gasteiger partial charge < -0.3 is 24.8 Å². The minimum atomic E-state index is -1.73. The lowest BCUT2D eigenvalue weighted by Crippen LogP contribution is -2.40. The van der Waals surface area contributed by atoms with Crippen LogP contribution in [0.5, 0.6) is 17.2 Å². The molecular formula is C24H26F2N6O3. The second-order valence-electron chi connectivity index (χ2n) is 8.39. The van der Waals surface area contributed by atoms with Crippen LogP contribution in [0.1, 0.15) is 24.2 Å². The number of piperidine rings is 1. The number of anilines is 1. The number of ether oxygens (including phenoxy) is 3. The summed E-state index contributed by atoms with van der Waals surface area (Å²) < 4.78 is 47.7. The van der Waals surface area contributed by atoms with Crippen molar-refractivity contribution in [1.82, 2.24) is 24.9 Å². The van der Waals surface area contributed by atoms with E-state index in [1.807, 2.05) is 12.1 Å². The Morgan fingerprint density at radius 1 is 1.09 bits per heavy atom. The van der Waals surface area contributed by atoms with Crippen LogP contribution in [0.25, 0.3) is 16.6 Å². The zero-order chi connectivity index (χ0) is 24.6. The highest BCUT2D eigenvalue weighted by Gasteiger charge is 2.38. The molecule has 184 valence electrons. The van der Waals surface area contributed by atoms with Gasteiger partial charge in [0.15, 0.2) is 17.1 Å². The summed E-state index contributed by atoms with van der Waals surface area (Å²) in [6.07, 6.45) is 0.960. The molecule has 0 amide bonds. The number of aromatic nitrogens is 4. The highest BCUT2D eigenvalue weighted by Crippen LogP contribution is 2.35. The fraction of sp³-hybridized carbons (Fsp3) is 0.375. The number of fused-ring (bicyclic) bond motifs is 3. The van der Waals surface area contributed by atoms with Crippen LogP contribution in [0.3, 0.4) is 0 Å². The Morgan fingerprint density at radius 3 is 2.63 bits per heavy atom. The fourth-order valence-electron chi connectivity index (χ4n) is 4.34. The van der Waals surface area contributed by atoms with Crippen molar-refractivity contribution in [1.29, 1.82) is 0 Å². The van der Waals surface area contributed by atoms with Crippen molar-refractivity contribution in [3.05, 3.63) is 47.5 Å². The van der Waals surface area contributed by atoms with Gasteiger partial charge in [0.1, 0.15) is 28.6 Å². The summed E-state index contributed by atoms with van der Waals surface area (Å²) in [6.45, 7) is 1.17. The van der Waals surface area contributed by atoms with Gasteiger partial charge in [-0.05, 0) is 37.6 Å². The molecule has 4 aromatic rings. The Labute approximate surface area is 200 Å². The third kappa shape index (κ3) is 4.16. The average molecular weight is 485 g/mol. The first kappa shape index (κ1) is 23.0. The van der Waals surface area contributed by atoms with Crippen LogP contribution < -0.4 is 24.8 Å². The highest BCUT2D eigenvalue weighted by molar-refractivity contribution is 5.96. The zero-order valence-electron chi connectivity index (χ0n) is 19.7. The molecule has 3 heterocycles. The Morgan fingerprint density at radius 2 is 1.91 bits per heavy atom. The number of hydrogen-bond donors (Lipinski definition) is 2. The van der Waals surface area contributed by atoms with E-state index in [0.29, 0.717) is 47.7 Å². The van der Waals surface area contributed by atoms with Gasteiger partial charge >= 0.3 is 0 Å². The maximum absolute atomic E-state index is 15.8. The highest BCUT2D eigenvalue weighted by atomic mass is 19.1. The van der Waals surface area contributed by atoms with Crippen LogP contribution >= 0.6 is 0 Å². The van der Waals surface area contributed by atoms with Gasteiger partial charge in [0.25, 0.3) is 0 Å². The van der Waals surface area contributed by atoms with E-state index in [1.165, 1.54) is 23.8 Å². The monoisotopic (exact) mass is 484 g/mol. The maximum atomic E-state index is 15.8. The van der Waals surface area contributed by atoms with Gasteiger partial charge in [-0.1, -0.05) is 0 Å². The van der Waals surface area contributed by atoms with Gasteiger partial charge in [0, 0.05) is 30.8 Å². The molecule has 1 saturated heterocycles. The van der Waals surface area contributed by atoms with Gasteiger partial charge in [-0.2, -0.15) is 4.52 Å². The lowest BCUT2D eigenvalue weighted by atomic mass is 9.95.